The third kappa shape index (κ3) is 2.58. The predicted molar refractivity (Wildman–Crippen MR) is 76.7 cm³/mol. The Morgan fingerprint density at radius 3 is 2.77 bits per heavy atom. The summed E-state index contributed by atoms with van der Waals surface area (Å²) in [5, 5.41) is 35.3. The van der Waals surface area contributed by atoms with Gasteiger partial charge in [-0.25, -0.2) is 4.68 Å². The molecule has 1 aliphatic rings. The molecule has 0 saturated carbocycles. The molecule has 2 heterocycles. The highest BCUT2D eigenvalue weighted by molar-refractivity contribution is 5.85. The first-order chi connectivity index (χ1) is 10.5. The number of carboxylic acids is 1. The number of aromatic nitrogens is 2. The van der Waals surface area contributed by atoms with E-state index in [1.807, 2.05) is 0 Å². The van der Waals surface area contributed by atoms with Crippen LogP contribution in [0.3, 0.4) is 0 Å². The highest BCUT2D eigenvalue weighted by atomic mass is 16.4. The Hall–Kier alpha value is -3.03. The van der Waals surface area contributed by atoms with Crippen molar-refractivity contribution in [3.8, 4) is 11.5 Å². The molecule has 0 amide bonds. The molecule has 2 aromatic rings. The Labute approximate surface area is 125 Å². The minimum Gasteiger partial charge on any atom is -0.508 e. The van der Waals surface area contributed by atoms with Gasteiger partial charge >= 0.3 is 5.97 Å². The van der Waals surface area contributed by atoms with Crippen LogP contribution in [0.15, 0.2) is 41.7 Å². The maximum Gasteiger partial charge on any atom is 0.310 e. The molecule has 0 fully saturated rings. The van der Waals surface area contributed by atoms with E-state index in [-0.39, 0.29) is 18.0 Å². The number of rotatable bonds is 2. The number of phenols is 1. The van der Waals surface area contributed by atoms with Gasteiger partial charge in [0.25, 0.3) is 0 Å². The summed E-state index contributed by atoms with van der Waals surface area (Å²) >= 11 is 0. The number of hydrogen-bond donors (Lipinski definition) is 4. The maximum atomic E-state index is 11.4. The minimum absolute atomic E-state index is 0.0150. The molecule has 114 valence electrons. The van der Waals surface area contributed by atoms with Crippen molar-refractivity contribution in [2.75, 3.05) is 6.54 Å². The number of carbonyl (C=O) groups is 1. The standard InChI is InChI=1S/C14H14N4O4/c19-9-3-1-2-8(4-9)12-11(13(21)22)6-15-14(17-12)18-7-10(20)5-16-18/h1-5,7,11-12,19-20H,6H2,(H,15,17)(H,21,22). The van der Waals surface area contributed by atoms with Gasteiger partial charge in [0.1, 0.15) is 11.7 Å². The molecule has 2 unspecified atom stereocenters. The summed E-state index contributed by atoms with van der Waals surface area (Å²) in [7, 11) is 0. The van der Waals surface area contributed by atoms with E-state index >= 15 is 0 Å². The van der Waals surface area contributed by atoms with Crippen molar-refractivity contribution in [1.29, 1.82) is 0 Å². The zero-order valence-electron chi connectivity index (χ0n) is 11.4. The summed E-state index contributed by atoms with van der Waals surface area (Å²) in [5.74, 6) is -1.36. The molecule has 22 heavy (non-hydrogen) atoms. The number of aromatic hydroxyl groups is 2. The van der Waals surface area contributed by atoms with E-state index in [1.54, 1.807) is 12.1 Å². The quantitative estimate of drug-likeness (QED) is 0.643. The van der Waals surface area contributed by atoms with Gasteiger partial charge in [-0.3, -0.25) is 9.79 Å². The van der Waals surface area contributed by atoms with Crippen molar-refractivity contribution in [3.63, 3.8) is 0 Å². The highest BCUT2D eigenvalue weighted by Crippen LogP contribution is 2.28. The number of nitrogens with zero attached hydrogens (tertiary/aromatic N) is 3. The monoisotopic (exact) mass is 302 g/mol. The summed E-state index contributed by atoms with van der Waals surface area (Å²) in [6.07, 6.45) is 2.63. The largest absolute Gasteiger partial charge is 0.508 e. The topological polar surface area (TPSA) is 120 Å². The van der Waals surface area contributed by atoms with Gasteiger partial charge < -0.3 is 20.6 Å². The second kappa shape index (κ2) is 5.40. The number of aliphatic imine (C=N–C) groups is 1. The van der Waals surface area contributed by atoms with Crippen LogP contribution in [0, 0.1) is 5.92 Å². The zero-order valence-corrected chi connectivity index (χ0v) is 11.4. The Kier molecular flexibility index (Phi) is 3.42. The molecule has 0 radical (unpaired) electrons. The minimum atomic E-state index is -0.980. The van der Waals surface area contributed by atoms with E-state index < -0.39 is 17.9 Å². The van der Waals surface area contributed by atoms with Crippen LogP contribution < -0.4 is 5.32 Å². The molecular formula is C14H14N4O4. The maximum absolute atomic E-state index is 11.4. The predicted octanol–water partition coefficient (Wildman–Crippen LogP) is 0.544. The number of nitrogens with one attached hydrogen (secondary N) is 1. The van der Waals surface area contributed by atoms with Crippen LogP contribution in [-0.4, -0.2) is 43.6 Å². The van der Waals surface area contributed by atoms with Crippen LogP contribution in [0.25, 0.3) is 0 Å². The third-order valence-electron chi connectivity index (χ3n) is 3.46. The van der Waals surface area contributed by atoms with Crippen LogP contribution in [-0.2, 0) is 4.79 Å². The van der Waals surface area contributed by atoms with Crippen LogP contribution in [0.2, 0.25) is 0 Å². The van der Waals surface area contributed by atoms with Gasteiger partial charge in [-0.1, -0.05) is 12.1 Å². The first kappa shape index (κ1) is 13.9. The van der Waals surface area contributed by atoms with E-state index in [9.17, 15) is 20.1 Å². The lowest BCUT2D eigenvalue weighted by Crippen LogP contribution is -2.45. The SMILES string of the molecule is O=C(O)C1CN=C(n2cc(O)cn2)NC1c1cccc(O)c1. The van der Waals surface area contributed by atoms with Gasteiger partial charge in [0.2, 0.25) is 5.96 Å². The van der Waals surface area contributed by atoms with Crippen LogP contribution in [0.5, 0.6) is 11.5 Å². The van der Waals surface area contributed by atoms with E-state index in [2.05, 4.69) is 15.4 Å². The summed E-state index contributed by atoms with van der Waals surface area (Å²) in [4.78, 5) is 15.6. The van der Waals surface area contributed by atoms with Gasteiger partial charge in [0, 0.05) is 0 Å². The van der Waals surface area contributed by atoms with Crippen molar-refractivity contribution in [1.82, 2.24) is 15.1 Å². The Balaban J connectivity index is 1.95. The molecule has 4 N–H and O–H groups in total. The molecule has 8 heteroatoms. The zero-order chi connectivity index (χ0) is 15.7. The van der Waals surface area contributed by atoms with Crippen molar-refractivity contribution < 1.29 is 20.1 Å². The summed E-state index contributed by atoms with van der Waals surface area (Å²) in [5.41, 5.74) is 0.635. The molecule has 0 saturated heterocycles. The molecule has 0 aliphatic carbocycles. The fourth-order valence-corrected chi connectivity index (χ4v) is 2.40. The number of aliphatic carboxylic acids is 1. The molecule has 1 aromatic carbocycles. The fraction of sp³-hybridized carbons (Fsp3) is 0.214. The second-order valence-electron chi connectivity index (χ2n) is 4.97. The molecule has 2 atom stereocenters. The summed E-state index contributed by atoms with van der Waals surface area (Å²) in [6, 6.07) is 5.84. The highest BCUT2D eigenvalue weighted by Gasteiger charge is 2.34. The molecule has 1 aromatic heterocycles. The van der Waals surface area contributed by atoms with Crippen molar-refractivity contribution in [3.05, 3.63) is 42.2 Å². The van der Waals surface area contributed by atoms with E-state index in [1.165, 1.54) is 29.2 Å². The fourth-order valence-electron chi connectivity index (χ4n) is 2.40. The average Bonchev–Trinajstić information content (AvgIpc) is 2.93. The van der Waals surface area contributed by atoms with E-state index in [4.69, 9.17) is 0 Å². The Morgan fingerprint density at radius 1 is 1.32 bits per heavy atom. The van der Waals surface area contributed by atoms with Crippen molar-refractivity contribution in [2.24, 2.45) is 10.9 Å². The third-order valence-corrected chi connectivity index (χ3v) is 3.46. The van der Waals surface area contributed by atoms with E-state index in [0.717, 1.165) is 0 Å². The lowest BCUT2D eigenvalue weighted by molar-refractivity contribution is -0.142. The smallest absolute Gasteiger partial charge is 0.310 e. The lowest BCUT2D eigenvalue weighted by atomic mass is 9.92. The average molecular weight is 302 g/mol. The molecule has 8 nitrogen and oxygen atoms in total. The molecule has 0 spiro atoms. The molecule has 1 aliphatic heterocycles. The normalized spacial score (nSPS) is 21.0. The second-order valence-corrected chi connectivity index (χ2v) is 4.97. The van der Waals surface area contributed by atoms with Gasteiger partial charge in [-0.15, -0.1) is 0 Å². The lowest BCUT2D eigenvalue weighted by Gasteiger charge is -2.30. The number of hydrogen-bond acceptors (Lipinski definition) is 6. The van der Waals surface area contributed by atoms with Crippen LogP contribution >= 0.6 is 0 Å². The first-order valence-electron chi connectivity index (χ1n) is 6.61. The van der Waals surface area contributed by atoms with Crippen LogP contribution in [0.4, 0.5) is 0 Å². The van der Waals surface area contributed by atoms with Crippen molar-refractivity contribution >= 4 is 11.9 Å². The van der Waals surface area contributed by atoms with Gasteiger partial charge in [-0.05, 0) is 17.7 Å². The Morgan fingerprint density at radius 2 is 2.14 bits per heavy atom. The molecule has 0 bridgehead atoms. The van der Waals surface area contributed by atoms with Gasteiger partial charge in [0.05, 0.1) is 25.0 Å². The first-order valence-corrected chi connectivity index (χ1v) is 6.61. The van der Waals surface area contributed by atoms with Crippen LogP contribution in [0.1, 0.15) is 11.6 Å². The van der Waals surface area contributed by atoms with E-state index in [0.29, 0.717) is 11.5 Å². The summed E-state index contributed by atoms with van der Waals surface area (Å²) < 4.78 is 1.34. The summed E-state index contributed by atoms with van der Waals surface area (Å²) in [6.45, 7) is 0.0681. The number of benzene rings is 1. The van der Waals surface area contributed by atoms with Gasteiger partial charge in [0.15, 0.2) is 5.75 Å². The number of phenolic OH excluding ortho intramolecular Hbond substituents is 1. The molecular weight excluding hydrogens is 288 g/mol. The Bertz CT molecular complexity index is 740. The van der Waals surface area contributed by atoms with Gasteiger partial charge in [-0.2, -0.15) is 5.10 Å². The molecule has 3 rings (SSSR count). The number of carboxylic acid groups (broad SMARTS) is 1. The van der Waals surface area contributed by atoms with Crippen molar-refractivity contribution in [2.45, 2.75) is 6.04 Å².